The molecule has 0 aliphatic rings. The Balaban J connectivity index is 0.00000169. The fraction of sp³-hybridized carbons (Fsp3) is 0.500. The first-order chi connectivity index (χ1) is 6.19. The Morgan fingerprint density at radius 3 is 2.64 bits per heavy atom. The zero-order valence-electron chi connectivity index (χ0n) is 8.59. The number of aromatic nitrogens is 2. The van der Waals surface area contributed by atoms with E-state index in [0.717, 1.165) is 12.8 Å². The summed E-state index contributed by atoms with van der Waals surface area (Å²) < 4.78 is 0. The second-order valence-electron chi connectivity index (χ2n) is 2.61. The molecule has 0 amide bonds. The third-order valence-electron chi connectivity index (χ3n) is 1.60. The van der Waals surface area contributed by atoms with Crippen molar-refractivity contribution in [2.75, 3.05) is 6.26 Å². The third kappa shape index (κ3) is 3.31. The maximum Gasteiger partial charge on any atom is 1.00 e. The topological polar surface area (TPSA) is 68.8 Å². The summed E-state index contributed by atoms with van der Waals surface area (Å²) >= 11 is 1.31. The van der Waals surface area contributed by atoms with Crippen LogP contribution < -0.4 is 34.7 Å². The summed E-state index contributed by atoms with van der Waals surface area (Å²) in [6, 6.07) is 0. The van der Waals surface area contributed by atoms with Gasteiger partial charge in [0.1, 0.15) is 10.9 Å². The minimum absolute atomic E-state index is 0. The summed E-state index contributed by atoms with van der Waals surface area (Å²) in [6.07, 6.45) is 3.49. The van der Waals surface area contributed by atoms with Crippen molar-refractivity contribution in [3.8, 4) is 0 Å². The quantitative estimate of drug-likeness (QED) is 0.450. The fourth-order valence-electron chi connectivity index (χ4n) is 1.05. The second-order valence-corrected chi connectivity index (χ2v) is 3.40. The van der Waals surface area contributed by atoms with Crippen LogP contribution in [0.1, 0.15) is 29.7 Å². The van der Waals surface area contributed by atoms with Crippen LogP contribution in [0.2, 0.25) is 0 Å². The number of aromatic amines is 1. The number of nitrogens with zero attached hydrogens (tertiary/aromatic N) is 1. The zero-order chi connectivity index (χ0) is 9.84. The van der Waals surface area contributed by atoms with Gasteiger partial charge in [-0.05, 0) is 12.7 Å². The third-order valence-corrected chi connectivity index (χ3v) is 2.29. The van der Waals surface area contributed by atoms with Crippen molar-refractivity contribution in [2.24, 2.45) is 0 Å². The van der Waals surface area contributed by atoms with Crippen molar-refractivity contribution in [3.63, 3.8) is 0 Å². The number of carbonyl (C=O) groups is 1. The van der Waals surface area contributed by atoms with Crippen LogP contribution in [0.25, 0.3) is 0 Å². The smallest absolute Gasteiger partial charge is 0.543 e. The molecule has 1 rings (SSSR count). The molecule has 0 aliphatic carbocycles. The number of hydrogen-bond donors (Lipinski definition) is 1. The van der Waals surface area contributed by atoms with Crippen molar-refractivity contribution in [3.05, 3.63) is 11.5 Å². The van der Waals surface area contributed by atoms with E-state index in [4.69, 9.17) is 0 Å². The van der Waals surface area contributed by atoms with Crippen LogP contribution in [0, 0.1) is 0 Å². The molecule has 0 saturated heterocycles. The minimum atomic E-state index is -1.20. The number of carbonyl (C=O) groups excluding carboxylic acids is 1. The van der Waals surface area contributed by atoms with Gasteiger partial charge in [-0.15, -0.1) is 11.8 Å². The number of carboxylic acids is 1. The number of carboxylic acid groups (broad SMARTS) is 1. The molecule has 0 aliphatic heterocycles. The Morgan fingerprint density at radius 2 is 2.29 bits per heavy atom. The summed E-state index contributed by atoms with van der Waals surface area (Å²) in [5.74, 6) is -0.481. The van der Waals surface area contributed by atoms with Crippen LogP contribution in [0.15, 0.2) is 5.03 Å². The first kappa shape index (κ1) is 14.0. The van der Waals surface area contributed by atoms with E-state index in [1.54, 1.807) is 6.26 Å². The Hall–Kier alpha value is 0.0300. The SMILES string of the molecule is CCCc1nc(SC)c(C(=O)[O-])[nH]1.[Na+]. The molecule has 14 heavy (non-hydrogen) atoms. The first-order valence-electron chi connectivity index (χ1n) is 4.03. The van der Waals surface area contributed by atoms with Crippen LogP contribution >= 0.6 is 11.8 Å². The predicted octanol–water partition coefficient (Wildman–Crippen LogP) is -2.55. The van der Waals surface area contributed by atoms with Crippen LogP contribution in [0.5, 0.6) is 0 Å². The van der Waals surface area contributed by atoms with Gasteiger partial charge in [-0.2, -0.15) is 0 Å². The molecule has 1 aromatic heterocycles. The molecule has 0 atom stereocenters. The maximum absolute atomic E-state index is 10.6. The van der Waals surface area contributed by atoms with Gasteiger partial charge in [0.05, 0.1) is 11.7 Å². The van der Waals surface area contributed by atoms with Gasteiger partial charge >= 0.3 is 29.6 Å². The standard InChI is InChI=1S/C8H12N2O2S.Na/c1-3-4-5-9-6(8(11)12)7(10-5)13-2;/h3-4H2,1-2H3,(H,9,10)(H,11,12);/q;+1/p-1. The normalized spacial score (nSPS) is 9.57. The van der Waals surface area contributed by atoms with Crippen molar-refractivity contribution < 1.29 is 39.5 Å². The van der Waals surface area contributed by atoms with Gasteiger partial charge < -0.3 is 14.9 Å². The van der Waals surface area contributed by atoms with Gasteiger partial charge in [0, 0.05) is 6.42 Å². The molecule has 0 aromatic carbocycles. The zero-order valence-corrected chi connectivity index (χ0v) is 11.4. The maximum atomic E-state index is 10.6. The molecule has 1 aromatic rings. The van der Waals surface area contributed by atoms with Gasteiger partial charge in [0.2, 0.25) is 0 Å². The number of aryl methyl sites for hydroxylation is 1. The minimum Gasteiger partial charge on any atom is -0.543 e. The van der Waals surface area contributed by atoms with Gasteiger partial charge in [0.15, 0.2) is 0 Å². The number of hydrogen-bond acceptors (Lipinski definition) is 4. The molecule has 0 spiro atoms. The molecule has 72 valence electrons. The van der Waals surface area contributed by atoms with E-state index in [1.165, 1.54) is 11.8 Å². The average molecular weight is 222 g/mol. The van der Waals surface area contributed by atoms with E-state index < -0.39 is 5.97 Å². The molecule has 1 N–H and O–H groups in total. The number of nitrogens with one attached hydrogen (secondary N) is 1. The van der Waals surface area contributed by atoms with Crippen molar-refractivity contribution in [1.82, 2.24) is 9.97 Å². The van der Waals surface area contributed by atoms with Crippen LogP contribution in [-0.2, 0) is 6.42 Å². The molecule has 4 nitrogen and oxygen atoms in total. The van der Waals surface area contributed by atoms with E-state index in [-0.39, 0.29) is 35.3 Å². The van der Waals surface area contributed by atoms with Gasteiger partial charge in [-0.1, -0.05) is 6.92 Å². The van der Waals surface area contributed by atoms with Gasteiger partial charge in [0.25, 0.3) is 0 Å². The Labute approximate surface area is 109 Å². The summed E-state index contributed by atoms with van der Waals surface area (Å²) in [7, 11) is 0. The molecule has 0 radical (unpaired) electrons. The summed E-state index contributed by atoms with van der Waals surface area (Å²) in [6.45, 7) is 2.01. The Bertz CT molecular complexity index is 314. The van der Waals surface area contributed by atoms with E-state index in [2.05, 4.69) is 9.97 Å². The summed E-state index contributed by atoms with van der Waals surface area (Å²) in [5, 5.41) is 11.1. The Kier molecular flexibility index (Phi) is 6.52. The fourth-order valence-corrected chi connectivity index (χ4v) is 1.59. The molecule has 1 heterocycles. The summed E-state index contributed by atoms with van der Waals surface area (Å²) in [5.41, 5.74) is 0.0935. The molecule has 0 saturated carbocycles. The molecule has 6 heteroatoms. The molecule has 0 fully saturated rings. The monoisotopic (exact) mass is 222 g/mol. The van der Waals surface area contributed by atoms with Gasteiger partial charge in [-0.3, -0.25) is 0 Å². The largest absolute Gasteiger partial charge is 1.00 e. The van der Waals surface area contributed by atoms with E-state index in [0.29, 0.717) is 10.9 Å². The number of thioether (sulfide) groups is 1. The van der Waals surface area contributed by atoms with Crippen molar-refractivity contribution in [1.29, 1.82) is 0 Å². The molecule has 0 bridgehead atoms. The van der Waals surface area contributed by atoms with Crippen LogP contribution in [0.3, 0.4) is 0 Å². The van der Waals surface area contributed by atoms with Crippen molar-refractivity contribution >= 4 is 17.7 Å². The molecular formula is C8H11N2NaO2S. The second kappa shape index (κ2) is 6.50. The predicted molar refractivity (Wildman–Crippen MR) is 48.7 cm³/mol. The molecule has 0 unspecified atom stereocenters. The number of imidazole rings is 1. The van der Waals surface area contributed by atoms with Crippen molar-refractivity contribution in [2.45, 2.75) is 24.8 Å². The average Bonchev–Trinajstić information content (AvgIpc) is 2.48. The van der Waals surface area contributed by atoms with E-state index >= 15 is 0 Å². The van der Waals surface area contributed by atoms with E-state index in [9.17, 15) is 9.90 Å². The van der Waals surface area contributed by atoms with Gasteiger partial charge in [-0.25, -0.2) is 4.98 Å². The first-order valence-corrected chi connectivity index (χ1v) is 5.25. The van der Waals surface area contributed by atoms with Crippen LogP contribution in [-0.4, -0.2) is 22.2 Å². The number of H-pyrrole nitrogens is 1. The summed E-state index contributed by atoms with van der Waals surface area (Å²) in [4.78, 5) is 17.5. The van der Waals surface area contributed by atoms with E-state index in [1.807, 2.05) is 6.92 Å². The number of aromatic carboxylic acids is 1. The Morgan fingerprint density at radius 1 is 1.64 bits per heavy atom. The number of rotatable bonds is 4. The van der Waals surface area contributed by atoms with Crippen LogP contribution in [0.4, 0.5) is 0 Å². The molecular weight excluding hydrogens is 211 g/mol.